The summed E-state index contributed by atoms with van der Waals surface area (Å²) >= 11 is 0. The molecule has 1 rings (SSSR count). The number of rotatable bonds is 0. The van der Waals surface area contributed by atoms with Crippen LogP contribution in [0.1, 0.15) is 12.8 Å². The van der Waals surface area contributed by atoms with Crippen LogP contribution in [0.2, 0.25) is 0 Å². The highest BCUT2D eigenvalue weighted by atomic mass is 33.1. The van der Waals surface area contributed by atoms with Gasteiger partial charge in [0.1, 0.15) is 16.5 Å². The predicted octanol–water partition coefficient (Wildman–Crippen LogP) is 1.81. The molecule has 2 nitrogen and oxygen atoms in total. The first-order valence-electron chi connectivity index (χ1n) is 3.26. The lowest BCUT2D eigenvalue weighted by molar-refractivity contribution is 0.200. The van der Waals surface area contributed by atoms with Gasteiger partial charge >= 0.3 is 5.30 Å². The molecule has 0 aromatic heterocycles. The largest absolute Gasteiger partial charge is 0.538 e. The fourth-order valence-electron chi connectivity index (χ4n) is 0.778. The van der Waals surface area contributed by atoms with E-state index in [2.05, 4.69) is 4.74 Å². The molecule has 0 saturated carbocycles. The van der Waals surface area contributed by atoms with Crippen LogP contribution in [0.4, 0.5) is 4.79 Å². The lowest BCUT2D eigenvalue weighted by Gasteiger charge is -2.06. The summed E-state index contributed by atoms with van der Waals surface area (Å²) in [6.07, 6.45) is 2.44. The van der Waals surface area contributed by atoms with E-state index in [1.165, 1.54) is 20.0 Å². The van der Waals surface area contributed by atoms with Crippen LogP contribution in [-0.2, 0) is 14.7 Å². The minimum atomic E-state index is -0.134. The highest BCUT2D eigenvalue weighted by Gasteiger charge is 2.34. The van der Waals surface area contributed by atoms with E-state index >= 15 is 0 Å². The van der Waals surface area contributed by atoms with Crippen molar-refractivity contribution in [2.45, 2.75) is 12.8 Å². The van der Waals surface area contributed by atoms with Gasteiger partial charge in [-0.15, -0.1) is 0 Å². The molecule has 4 heteroatoms. The molecule has 0 aliphatic carbocycles. The Hall–Kier alpha value is 0.170. The maximum Gasteiger partial charge on any atom is 0.538 e. The van der Waals surface area contributed by atoms with Crippen molar-refractivity contribution < 1.29 is 9.53 Å². The smallest absolute Gasteiger partial charge is 0.428 e. The maximum atomic E-state index is 10.9. The molecule has 1 aliphatic heterocycles. The molecular weight excluding hydrogens is 168 g/mol. The van der Waals surface area contributed by atoms with Crippen molar-refractivity contribution in [2.24, 2.45) is 0 Å². The van der Waals surface area contributed by atoms with E-state index in [-0.39, 0.29) is 15.2 Å². The molecule has 1 heterocycles. The third kappa shape index (κ3) is 2.09. The molecule has 0 radical (unpaired) electrons. The Labute approximate surface area is 67.4 Å². The summed E-state index contributed by atoms with van der Waals surface area (Å²) in [6, 6.07) is 0. The van der Waals surface area contributed by atoms with E-state index in [4.69, 9.17) is 0 Å². The Morgan fingerprint density at radius 3 is 2.90 bits per heavy atom. The molecule has 0 aromatic rings. The van der Waals surface area contributed by atoms with Crippen LogP contribution in [0.3, 0.4) is 0 Å². The number of ether oxygens (including phenoxy) is 1. The average molecular weight is 179 g/mol. The Morgan fingerprint density at radius 2 is 2.40 bits per heavy atom. The van der Waals surface area contributed by atoms with Gasteiger partial charge in [-0.05, 0) is 12.8 Å². The molecule has 0 amide bonds. The minimum absolute atomic E-state index is 0.0234. The second kappa shape index (κ2) is 4.13. The Morgan fingerprint density at radius 1 is 1.60 bits per heavy atom. The van der Waals surface area contributed by atoms with Gasteiger partial charge in [-0.25, -0.2) is 0 Å². The van der Waals surface area contributed by atoms with Crippen LogP contribution < -0.4 is 0 Å². The summed E-state index contributed by atoms with van der Waals surface area (Å²) in [6.45, 7) is 0. The van der Waals surface area contributed by atoms with Crippen molar-refractivity contribution in [3.63, 3.8) is 0 Å². The molecule has 0 spiro atoms. The molecule has 58 valence electrons. The van der Waals surface area contributed by atoms with Gasteiger partial charge in [-0.2, -0.15) is 4.79 Å². The van der Waals surface area contributed by atoms with Gasteiger partial charge in [0, 0.05) is 5.75 Å². The maximum absolute atomic E-state index is 10.9. The zero-order valence-electron chi connectivity index (χ0n) is 5.96. The number of hydrogen-bond acceptors (Lipinski definition) is 3. The van der Waals surface area contributed by atoms with Gasteiger partial charge in [0.25, 0.3) is 0 Å². The van der Waals surface area contributed by atoms with E-state index in [1.807, 2.05) is 0 Å². The fourth-order valence-corrected chi connectivity index (χ4v) is 4.49. The van der Waals surface area contributed by atoms with Gasteiger partial charge < -0.3 is 4.74 Å². The van der Waals surface area contributed by atoms with Gasteiger partial charge in [0.2, 0.25) is 0 Å². The lowest BCUT2D eigenvalue weighted by atomic mass is 10.4. The quantitative estimate of drug-likeness (QED) is 0.322. The van der Waals surface area contributed by atoms with Crippen LogP contribution in [0.5, 0.6) is 0 Å². The molecular formula is C6H11O2S2+. The zero-order chi connectivity index (χ0) is 7.40. The Kier molecular flexibility index (Phi) is 3.42. The van der Waals surface area contributed by atoms with Gasteiger partial charge in [-0.3, -0.25) is 0 Å². The van der Waals surface area contributed by atoms with Crippen LogP contribution in [0.25, 0.3) is 0 Å². The summed E-state index contributed by atoms with van der Waals surface area (Å²) in [5, 5.41) is -0.0234. The molecule has 0 bridgehead atoms. The standard InChI is InChI=1S/C6H11O2S2/c1-8-6(7)10-5-3-2-4-9-10/h2-5H2,1H3/q+1. The van der Waals surface area contributed by atoms with Crippen LogP contribution in [0.15, 0.2) is 0 Å². The molecule has 0 N–H and O–H groups in total. The summed E-state index contributed by atoms with van der Waals surface area (Å²) in [5.74, 6) is 2.15. The zero-order valence-corrected chi connectivity index (χ0v) is 7.59. The molecule has 1 saturated heterocycles. The van der Waals surface area contributed by atoms with E-state index < -0.39 is 0 Å². The van der Waals surface area contributed by atoms with E-state index in [0.29, 0.717) is 0 Å². The highest BCUT2D eigenvalue weighted by molar-refractivity contribution is 8.79. The normalized spacial score (nSPS) is 25.9. The number of carbonyl (C=O) groups is 1. The second-order valence-corrected chi connectivity index (χ2v) is 6.02. The predicted molar refractivity (Wildman–Crippen MR) is 46.3 cm³/mol. The first-order valence-corrected chi connectivity index (χ1v) is 6.16. The summed E-state index contributed by atoms with van der Waals surface area (Å²) in [4.78, 5) is 10.9. The van der Waals surface area contributed by atoms with Crippen molar-refractivity contribution in [2.75, 3.05) is 18.6 Å². The average Bonchev–Trinajstić information content (AvgIpc) is 2.05. The van der Waals surface area contributed by atoms with Crippen LogP contribution in [-0.4, -0.2) is 23.9 Å². The number of hydrogen-bond donors (Lipinski definition) is 0. The van der Waals surface area contributed by atoms with Crippen molar-refractivity contribution in [3.8, 4) is 0 Å². The van der Waals surface area contributed by atoms with Crippen molar-refractivity contribution in [1.29, 1.82) is 0 Å². The van der Waals surface area contributed by atoms with E-state index in [0.717, 1.165) is 11.5 Å². The number of methoxy groups -OCH3 is 1. The minimum Gasteiger partial charge on any atom is -0.428 e. The van der Waals surface area contributed by atoms with Gasteiger partial charge in [-0.1, -0.05) is 0 Å². The first kappa shape index (κ1) is 8.27. The monoisotopic (exact) mass is 179 g/mol. The van der Waals surface area contributed by atoms with Crippen molar-refractivity contribution in [3.05, 3.63) is 0 Å². The third-order valence-electron chi connectivity index (χ3n) is 1.30. The molecule has 1 unspecified atom stereocenters. The number of carbonyl (C=O) groups excluding carboxylic acids is 1. The Balaban J connectivity index is 2.31. The Bertz CT molecular complexity index is 121. The SMILES string of the molecule is COC(=O)[S+]1CCCCS1. The van der Waals surface area contributed by atoms with E-state index in [9.17, 15) is 4.79 Å². The highest BCUT2D eigenvalue weighted by Crippen LogP contribution is 2.26. The topological polar surface area (TPSA) is 26.3 Å². The summed E-state index contributed by atoms with van der Waals surface area (Å²) < 4.78 is 4.64. The summed E-state index contributed by atoms with van der Waals surface area (Å²) in [7, 11) is 3.08. The van der Waals surface area contributed by atoms with Gasteiger partial charge in [0.05, 0.1) is 7.11 Å². The van der Waals surface area contributed by atoms with Crippen molar-refractivity contribution in [1.82, 2.24) is 0 Å². The molecule has 0 aromatic carbocycles. The van der Waals surface area contributed by atoms with Crippen molar-refractivity contribution >= 4 is 26.0 Å². The summed E-state index contributed by atoms with van der Waals surface area (Å²) in [5.41, 5.74) is 0. The molecule has 1 atom stereocenters. The second-order valence-electron chi connectivity index (χ2n) is 2.03. The third-order valence-corrected chi connectivity index (χ3v) is 5.50. The fraction of sp³-hybridized carbons (Fsp3) is 0.833. The van der Waals surface area contributed by atoms with E-state index in [1.54, 1.807) is 10.8 Å². The molecule has 1 fully saturated rings. The van der Waals surface area contributed by atoms with Gasteiger partial charge in [0.15, 0.2) is 9.93 Å². The van der Waals surface area contributed by atoms with Crippen LogP contribution in [0, 0.1) is 0 Å². The molecule has 1 aliphatic rings. The lowest BCUT2D eigenvalue weighted by Crippen LogP contribution is -2.19. The molecule has 10 heavy (non-hydrogen) atoms. The van der Waals surface area contributed by atoms with Crippen LogP contribution >= 0.6 is 10.8 Å². The first-order chi connectivity index (χ1) is 4.84.